The number of sulfonamides is 1. The highest BCUT2D eigenvalue weighted by atomic mass is 79.9. The largest absolute Gasteiger partial charge is 0.451 e. The lowest BCUT2D eigenvalue weighted by atomic mass is 10.4. The van der Waals surface area contributed by atoms with Crippen LogP contribution in [0.1, 0.15) is 18.4 Å². The van der Waals surface area contributed by atoms with Gasteiger partial charge in [-0.05, 0) is 29.4 Å². The van der Waals surface area contributed by atoms with Crippen LogP contribution in [0.2, 0.25) is 0 Å². The van der Waals surface area contributed by atoms with Crippen LogP contribution >= 0.6 is 15.9 Å². The zero-order valence-electron chi connectivity index (χ0n) is 12.0. The first-order valence-corrected chi connectivity index (χ1v) is 8.63. The van der Waals surface area contributed by atoms with Gasteiger partial charge in [-0.3, -0.25) is 9.40 Å². The molecule has 0 aliphatic carbocycles. The normalized spacial score (nSPS) is 11.8. The van der Waals surface area contributed by atoms with E-state index >= 15 is 0 Å². The highest BCUT2D eigenvalue weighted by molar-refractivity contribution is 9.10. The summed E-state index contributed by atoms with van der Waals surface area (Å²) in [6.07, 6.45) is 1.61. The third-order valence-electron chi connectivity index (χ3n) is 2.80. The van der Waals surface area contributed by atoms with Gasteiger partial charge < -0.3 is 9.73 Å². The fourth-order valence-electron chi connectivity index (χ4n) is 1.82. The minimum Gasteiger partial charge on any atom is -0.451 e. The molecule has 0 radical (unpaired) electrons. The summed E-state index contributed by atoms with van der Waals surface area (Å²) in [5.74, 6) is 0.548. The SMILES string of the molecule is CCNCc1cc(S(=O)(=O)Nc2cn(C)nc2C)c(Br)o1. The van der Waals surface area contributed by atoms with E-state index in [0.29, 0.717) is 23.7 Å². The lowest BCUT2D eigenvalue weighted by Gasteiger charge is -2.04. The van der Waals surface area contributed by atoms with E-state index in [9.17, 15) is 8.42 Å². The fourth-order valence-corrected chi connectivity index (χ4v) is 3.92. The Hall–Kier alpha value is -1.32. The van der Waals surface area contributed by atoms with Crippen LogP contribution in [0.4, 0.5) is 5.69 Å². The summed E-state index contributed by atoms with van der Waals surface area (Å²) in [4.78, 5) is 0.0682. The summed E-state index contributed by atoms with van der Waals surface area (Å²) in [5, 5.41) is 7.18. The van der Waals surface area contributed by atoms with E-state index in [4.69, 9.17) is 4.42 Å². The Bertz CT molecular complexity index is 736. The molecule has 0 saturated heterocycles. The molecule has 0 aliphatic rings. The van der Waals surface area contributed by atoms with Gasteiger partial charge in [-0.25, -0.2) is 8.42 Å². The Labute approximate surface area is 131 Å². The predicted octanol–water partition coefficient (Wildman–Crippen LogP) is 1.99. The van der Waals surface area contributed by atoms with Crippen LogP contribution in [0, 0.1) is 6.92 Å². The van der Waals surface area contributed by atoms with Crippen LogP contribution in [0.25, 0.3) is 0 Å². The average Bonchev–Trinajstić information content (AvgIpc) is 2.90. The molecule has 0 spiro atoms. The van der Waals surface area contributed by atoms with Crippen LogP contribution in [-0.4, -0.2) is 24.7 Å². The van der Waals surface area contributed by atoms with Gasteiger partial charge in [0, 0.05) is 19.3 Å². The number of aromatic nitrogens is 2. The van der Waals surface area contributed by atoms with Crippen molar-refractivity contribution < 1.29 is 12.8 Å². The molecule has 0 atom stereocenters. The standard InChI is InChI=1S/C12H17BrN4O3S/c1-4-14-6-9-5-11(12(13)20-9)21(18,19)16-10-7-17(3)15-8(10)2/h5,7,14,16H,4,6H2,1-3H3. The summed E-state index contributed by atoms with van der Waals surface area (Å²) in [7, 11) is -2.00. The molecule has 0 aromatic carbocycles. The maximum atomic E-state index is 12.4. The van der Waals surface area contributed by atoms with Crippen LogP contribution in [0.15, 0.2) is 26.2 Å². The van der Waals surface area contributed by atoms with Crippen LogP contribution in [0.3, 0.4) is 0 Å². The summed E-state index contributed by atoms with van der Waals surface area (Å²) >= 11 is 3.15. The Morgan fingerprint density at radius 2 is 2.19 bits per heavy atom. The van der Waals surface area contributed by atoms with E-state index in [-0.39, 0.29) is 9.56 Å². The molecule has 0 aliphatic heterocycles. The lowest BCUT2D eigenvalue weighted by Crippen LogP contribution is -2.13. The van der Waals surface area contributed by atoms with Crippen molar-refractivity contribution in [2.45, 2.75) is 25.3 Å². The van der Waals surface area contributed by atoms with Crippen molar-refractivity contribution in [2.75, 3.05) is 11.3 Å². The molecule has 0 bridgehead atoms. The van der Waals surface area contributed by atoms with Crippen molar-refractivity contribution in [2.24, 2.45) is 7.05 Å². The summed E-state index contributed by atoms with van der Waals surface area (Å²) in [5.41, 5.74) is 1.05. The molecular weight excluding hydrogens is 360 g/mol. The number of halogens is 1. The van der Waals surface area contributed by atoms with E-state index in [1.807, 2.05) is 6.92 Å². The maximum absolute atomic E-state index is 12.4. The predicted molar refractivity (Wildman–Crippen MR) is 82.5 cm³/mol. The molecule has 21 heavy (non-hydrogen) atoms. The zero-order valence-corrected chi connectivity index (χ0v) is 14.4. The highest BCUT2D eigenvalue weighted by Crippen LogP contribution is 2.28. The van der Waals surface area contributed by atoms with Gasteiger partial charge in [0.15, 0.2) is 4.67 Å². The molecule has 2 rings (SSSR count). The Morgan fingerprint density at radius 3 is 2.76 bits per heavy atom. The van der Waals surface area contributed by atoms with Crippen molar-refractivity contribution >= 4 is 31.6 Å². The number of rotatable bonds is 6. The number of nitrogens with one attached hydrogen (secondary N) is 2. The average molecular weight is 377 g/mol. The number of hydrogen-bond donors (Lipinski definition) is 2. The number of aryl methyl sites for hydroxylation is 2. The van der Waals surface area contributed by atoms with E-state index in [1.165, 1.54) is 6.07 Å². The van der Waals surface area contributed by atoms with Crippen LogP contribution in [-0.2, 0) is 23.6 Å². The first kappa shape index (κ1) is 16.1. The van der Waals surface area contributed by atoms with Crippen molar-refractivity contribution in [1.82, 2.24) is 15.1 Å². The molecule has 0 saturated carbocycles. The highest BCUT2D eigenvalue weighted by Gasteiger charge is 2.23. The van der Waals surface area contributed by atoms with Crippen molar-refractivity contribution in [3.8, 4) is 0 Å². The maximum Gasteiger partial charge on any atom is 0.266 e. The molecule has 0 unspecified atom stereocenters. The van der Waals surface area contributed by atoms with Gasteiger partial charge in [-0.2, -0.15) is 5.10 Å². The number of furan rings is 1. The molecule has 2 aromatic heterocycles. The fraction of sp³-hybridized carbons (Fsp3) is 0.417. The van der Waals surface area contributed by atoms with E-state index in [0.717, 1.165) is 6.54 Å². The second kappa shape index (κ2) is 6.20. The van der Waals surface area contributed by atoms with Gasteiger partial charge in [0.2, 0.25) is 0 Å². The molecule has 116 valence electrons. The molecule has 2 heterocycles. The van der Waals surface area contributed by atoms with E-state index in [1.54, 1.807) is 24.9 Å². The van der Waals surface area contributed by atoms with Gasteiger partial charge in [-0.15, -0.1) is 0 Å². The third-order valence-corrected chi connectivity index (χ3v) is 5.03. The second-order valence-corrected chi connectivity index (χ2v) is 6.91. The van der Waals surface area contributed by atoms with Crippen LogP contribution in [0.5, 0.6) is 0 Å². The quantitative estimate of drug-likeness (QED) is 0.804. The van der Waals surface area contributed by atoms with Gasteiger partial charge in [0.25, 0.3) is 10.0 Å². The molecule has 0 fully saturated rings. The van der Waals surface area contributed by atoms with Gasteiger partial charge in [-0.1, -0.05) is 6.92 Å². The van der Waals surface area contributed by atoms with Gasteiger partial charge >= 0.3 is 0 Å². The van der Waals surface area contributed by atoms with E-state index < -0.39 is 10.0 Å². The molecule has 2 N–H and O–H groups in total. The van der Waals surface area contributed by atoms with Gasteiger partial charge in [0.05, 0.1) is 17.9 Å². The van der Waals surface area contributed by atoms with E-state index in [2.05, 4.69) is 31.1 Å². The Kier molecular flexibility index (Phi) is 4.74. The van der Waals surface area contributed by atoms with Gasteiger partial charge in [0.1, 0.15) is 10.7 Å². The second-order valence-electron chi connectivity index (χ2n) is 4.54. The van der Waals surface area contributed by atoms with Crippen molar-refractivity contribution in [3.63, 3.8) is 0 Å². The zero-order chi connectivity index (χ0) is 15.6. The number of anilines is 1. The molecule has 7 nitrogen and oxygen atoms in total. The van der Waals surface area contributed by atoms with Crippen molar-refractivity contribution in [3.05, 3.63) is 28.4 Å². The first-order valence-electron chi connectivity index (χ1n) is 6.35. The minimum absolute atomic E-state index is 0.0682. The monoisotopic (exact) mass is 376 g/mol. The Balaban J connectivity index is 2.27. The third kappa shape index (κ3) is 3.66. The van der Waals surface area contributed by atoms with Crippen LogP contribution < -0.4 is 10.0 Å². The smallest absolute Gasteiger partial charge is 0.266 e. The molecule has 0 amide bonds. The molecular formula is C12H17BrN4O3S. The topological polar surface area (TPSA) is 89.2 Å². The summed E-state index contributed by atoms with van der Waals surface area (Å²) in [6.45, 7) is 4.94. The lowest BCUT2D eigenvalue weighted by molar-refractivity contribution is 0.464. The minimum atomic E-state index is -3.73. The molecule has 2 aromatic rings. The molecule has 9 heteroatoms. The summed E-state index contributed by atoms with van der Waals surface area (Å²) < 4.78 is 34.5. The number of nitrogens with zero attached hydrogens (tertiary/aromatic N) is 2. The summed E-state index contributed by atoms with van der Waals surface area (Å²) in [6, 6.07) is 1.50. The Morgan fingerprint density at radius 1 is 1.48 bits per heavy atom. The van der Waals surface area contributed by atoms with Crippen molar-refractivity contribution in [1.29, 1.82) is 0 Å². The number of hydrogen-bond acceptors (Lipinski definition) is 5. The first-order chi connectivity index (χ1) is 9.83.